The molecular formula is C75H123N19O19. The molecule has 1 aromatic heterocycles. The standard InChI is InChI=1S/C75H123N19O19/c1-37(2)31-45(36-95)84-61(104)50(27-30-56(78)99)88-68(111)72(13,14)92-64(107)51(32-38(3)4)86-62(105)48(25-28-54(76)97)85-57(100)40(7)82-66(109)71(11,12)90-58(101)41(8)80-60(103)49(26-29-55(77)98)87-67(110)73(15,16)93-65(108)52(33-39(5)6)89-69(112)74(17,18)94-70(113)75(19,20)91-59(102)42(9)81-63(106)53(83-43(10)96)34-44-35-79-47-24-22-21-23-46(44)47/h21-24,35,37-42,45,48-53,79,95H,25-34,36H2,1-20H3,(H2,76,97)(H2,77,98)(H2,78,99)(H,80,103)(H,81,106)(H,82,109)(H,83,96)(H,84,104)(H,85,100)(H,86,105)(H,87,110)(H,88,111)(H,89,112)(H,90,101)(H,91,102)(H,92,107)(H,93,108)(H,94,113)/t40-,41-,42-,45-,48-,49-,50-,51-,52-,53-/m0/s1. The summed E-state index contributed by atoms with van der Waals surface area (Å²) in [7, 11) is 0. The smallest absolute Gasteiger partial charge is 0.246 e. The molecule has 0 saturated heterocycles. The van der Waals surface area contributed by atoms with E-state index in [-0.39, 0.29) is 49.9 Å². The molecule has 0 saturated carbocycles. The first kappa shape index (κ1) is 98.3. The predicted octanol–water partition coefficient (Wildman–Crippen LogP) is -2.96. The van der Waals surface area contributed by atoms with Crippen molar-refractivity contribution >= 4 is 117 Å². The van der Waals surface area contributed by atoms with E-state index < -0.39 is 227 Å². The number of fused-ring (bicyclic) bond motifs is 1. The molecule has 18 amide bonds. The Morgan fingerprint density at radius 2 is 0.690 bits per heavy atom. The van der Waals surface area contributed by atoms with Crippen molar-refractivity contribution in [2.45, 2.75) is 291 Å². The SMILES string of the molecule is CC(=O)N[C@@H](Cc1c[nH]c2ccccc12)C(=O)N[C@@H](C)C(=O)NC(C)(C)C(=O)NC(C)(C)C(=O)N[C@@H](CC(C)C)C(=O)NC(C)(C)C(=O)N[C@@H](CCC(N)=O)C(=O)N[C@@H](C)C(=O)NC(C)(C)C(=O)N[C@@H](C)C(=O)N[C@@H](CCC(N)=O)C(=O)N[C@@H](CC(C)C)C(=O)NC(C)(C)C(=O)N[C@@H](CCC(N)=O)C(=O)N[C@H](CO)CC(C)C. The zero-order valence-electron chi connectivity index (χ0n) is 68.7. The maximum absolute atomic E-state index is 14.2. The number of hydrogen-bond donors (Lipinski definition) is 20. The lowest BCUT2D eigenvalue weighted by molar-refractivity contribution is -0.140. The van der Waals surface area contributed by atoms with Gasteiger partial charge in [-0.3, -0.25) is 86.3 Å². The topological polar surface area (TPSA) is 602 Å². The van der Waals surface area contributed by atoms with Gasteiger partial charge in [-0.2, -0.15) is 0 Å². The molecular weight excluding hydrogens is 1470 g/mol. The first-order chi connectivity index (χ1) is 51.9. The second kappa shape index (κ2) is 43.3. The molecule has 38 nitrogen and oxygen atoms in total. The highest BCUT2D eigenvalue weighted by atomic mass is 16.3. The maximum Gasteiger partial charge on any atom is 0.246 e. The van der Waals surface area contributed by atoms with Crippen LogP contribution in [0.2, 0.25) is 0 Å². The number of rotatable bonds is 47. The quantitative estimate of drug-likeness (QED) is 0.0315. The summed E-state index contributed by atoms with van der Waals surface area (Å²) in [6.07, 6.45) is -0.138. The third-order valence-corrected chi connectivity index (χ3v) is 18.0. The number of aromatic nitrogens is 1. The summed E-state index contributed by atoms with van der Waals surface area (Å²) < 4.78 is 0. The molecule has 38 heteroatoms. The fourth-order valence-corrected chi connectivity index (χ4v) is 11.2. The number of H-pyrrole nitrogens is 1. The molecule has 0 radical (unpaired) electrons. The summed E-state index contributed by atoms with van der Waals surface area (Å²) in [6.45, 7) is 28.4. The number of aliphatic hydroxyl groups is 1. The van der Waals surface area contributed by atoms with Crippen LogP contribution < -0.4 is 97.0 Å². The number of hydrogen-bond acceptors (Lipinski definition) is 19. The molecule has 2 rings (SSSR count). The number of carbonyl (C=O) groups is 18. The average molecular weight is 1590 g/mol. The Labute approximate surface area is 659 Å². The molecule has 0 aliphatic carbocycles. The average Bonchev–Trinajstić information content (AvgIpc) is 1.69. The first-order valence-electron chi connectivity index (χ1n) is 37.6. The molecule has 2 aromatic rings. The lowest BCUT2D eigenvalue weighted by Gasteiger charge is -2.34. The minimum Gasteiger partial charge on any atom is -0.394 e. The van der Waals surface area contributed by atoms with Gasteiger partial charge in [-0.1, -0.05) is 59.7 Å². The van der Waals surface area contributed by atoms with E-state index in [2.05, 4.69) is 84.7 Å². The van der Waals surface area contributed by atoms with Crippen LogP contribution in [0.15, 0.2) is 30.5 Å². The van der Waals surface area contributed by atoms with Crippen LogP contribution in [0.25, 0.3) is 10.9 Å². The van der Waals surface area contributed by atoms with Crippen molar-refractivity contribution < 1.29 is 91.4 Å². The van der Waals surface area contributed by atoms with Gasteiger partial charge in [0.2, 0.25) is 106 Å². The van der Waals surface area contributed by atoms with E-state index in [1.807, 2.05) is 38.1 Å². The fraction of sp³-hybridized carbons (Fsp3) is 0.653. The number of nitrogens with two attached hydrogens (primary N) is 3. The van der Waals surface area contributed by atoms with Crippen LogP contribution in [0.5, 0.6) is 0 Å². The number of carbonyl (C=O) groups excluding carboxylic acids is 18. The van der Waals surface area contributed by atoms with E-state index in [4.69, 9.17) is 17.2 Å². The summed E-state index contributed by atoms with van der Waals surface area (Å²) >= 11 is 0. The molecule has 0 aliphatic heterocycles. The highest BCUT2D eigenvalue weighted by molar-refractivity contribution is 6.03. The number of aliphatic hydroxyl groups excluding tert-OH is 1. The van der Waals surface area contributed by atoms with Crippen molar-refractivity contribution in [1.82, 2.24) is 84.7 Å². The summed E-state index contributed by atoms with van der Waals surface area (Å²) in [5.41, 5.74) is 8.71. The molecule has 632 valence electrons. The number of aromatic amines is 1. The monoisotopic (exact) mass is 1590 g/mol. The summed E-state index contributed by atoms with van der Waals surface area (Å²) in [4.78, 5) is 245. The van der Waals surface area contributed by atoms with Gasteiger partial charge in [-0.05, 0) is 158 Å². The van der Waals surface area contributed by atoms with Gasteiger partial charge in [0, 0.05) is 49.7 Å². The van der Waals surface area contributed by atoms with Crippen LogP contribution in [0, 0.1) is 17.8 Å². The molecule has 0 bridgehead atoms. The molecule has 1 heterocycles. The minimum atomic E-state index is -1.89. The van der Waals surface area contributed by atoms with Crippen LogP contribution in [0.1, 0.15) is 202 Å². The Bertz CT molecular complexity index is 3790. The second-order valence-electron chi connectivity index (χ2n) is 32.5. The molecule has 0 unspecified atom stereocenters. The molecule has 23 N–H and O–H groups in total. The lowest BCUT2D eigenvalue weighted by Crippen LogP contribution is -2.66. The van der Waals surface area contributed by atoms with Gasteiger partial charge < -0.3 is 107 Å². The third-order valence-electron chi connectivity index (χ3n) is 18.0. The molecule has 0 spiro atoms. The van der Waals surface area contributed by atoms with Crippen molar-refractivity contribution in [2.24, 2.45) is 35.0 Å². The second-order valence-corrected chi connectivity index (χ2v) is 32.5. The number of nitrogens with one attached hydrogen (secondary N) is 16. The molecule has 1 aromatic carbocycles. The number of para-hydroxylation sites is 1. The van der Waals surface area contributed by atoms with Crippen LogP contribution in [0.3, 0.4) is 0 Å². The van der Waals surface area contributed by atoms with E-state index in [1.165, 1.54) is 96.9 Å². The van der Waals surface area contributed by atoms with Crippen LogP contribution in [-0.2, 0) is 92.7 Å². The predicted molar refractivity (Wildman–Crippen MR) is 416 cm³/mol. The van der Waals surface area contributed by atoms with Crippen LogP contribution >= 0.6 is 0 Å². The summed E-state index contributed by atoms with van der Waals surface area (Å²) in [5.74, 6) is -16.0. The first-order valence-corrected chi connectivity index (χ1v) is 37.6. The maximum atomic E-state index is 14.2. The number of amides is 18. The van der Waals surface area contributed by atoms with E-state index >= 15 is 0 Å². The Hall–Kier alpha value is -10.8. The molecule has 113 heavy (non-hydrogen) atoms. The number of benzene rings is 1. The Balaban J connectivity index is 2.20. The minimum absolute atomic E-state index is 0.00640. The summed E-state index contributed by atoms with van der Waals surface area (Å²) in [5, 5.41) is 48.8. The molecule has 10 atom stereocenters. The van der Waals surface area contributed by atoms with Crippen molar-refractivity contribution in [3.8, 4) is 0 Å². The highest BCUT2D eigenvalue weighted by Gasteiger charge is 2.43. The van der Waals surface area contributed by atoms with Gasteiger partial charge in [0.15, 0.2) is 0 Å². The van der Waals surface area contributed by atoms with E-state index in [0.29, 0.717) is 6.42 Å². The Kier molecular flexibility index (Phi) is 37.6. The van der Waals surface area contributed by atoms with Gasteiger partial charge in [0.25, 0.3) is 0 Å². The van der Waals surface area contributed by atoms with Gasteiger partial charge in [-0.25, -0.2) is 0 Å². The van der Waals surface area contributed by atoms with Gasteiger partial charge in [-0.15, -0.1) is 0 Å². The van der Waals surface area contributed by atoms with Gasteiger partial charge in [0.1, 0.15) is 82.1 Å². The normalized spacial score (nSPS) is 14.5. The fourth-order valence-electron chi connectivity index (χ4n) is 11.2. The van der Waals surface area contributed by atoms with Crippen molar-refractivity contribution in [2.75, 3.05) is 6.61 Å². The largest absolute Gasteiger partial charge is 0.394 e. The molecule has 0 aliphatic rings. The lowest BCUT2D eigenvalue weighted by atomic mass is 9.96. The number of primary amides is 3. The van der Waals surface area contributed by atoms with Crippen molar-refractivity contribution in [3.05, 3.63) is 36.0 Å². The van der Waals surface area contributed by atoms with E-state index in [0.717, 1.165) is 16.5 Å². The third kappa shape index (κ3) is 33.2. The molecule has 0 fully saturated rings. The van der Waals surface area contributed by atoms with Crippen LogP contribution in [0.4, 0.5) is 0 Å². The van der Waals surface area contributed by atoms with Crippen molar-refractivity contribution in [1.29, 1.82) is 0 Å². The van der Waals surface area contributed by atoms with Crippen LogP contribution in [-0.4, -0.2) is 211 Å². The Morgan fingerprint density at radius 1 is 0.363 bits per heavy atom. The summed E-state index contributed by atoms with van der Waals surface area (Å²) in [6, 6.07) is -5.85. The highest BCUT2D eigenvalue weighted by Crippen LogP contribution is 2.21. The van der Waals surface area contributed by atoms with Gasteiger partial charge in [0.05, 0.1) is 12.6 Å². The zero-order valence-corrected chi connectivity index (χ0v) is 68.7. The van der Waals surface area contributed by atoms with E-state index in [9.17, 15) is 91.4 Å². The van der Waals surface area contributed by atoms with Crippen molar-refractivity contribution in [3.63, 3.8) is 0 Å². The zero-order chi connectivity index (χ0) is 86.8. The van der Waals surface area contributed by atoms with E-state index in [1.54, 1.807) is 33.9 Å². The van der Waals surface area contributed by atoms with Gasteiger partial charge >= 0.3 is 0 Å². The Morgan fingerprint density at radius 3 is 1.10 bits per heavy atom.